The summed E-state index contributed by atoms with van der Waals surface area (Å²) in [4.78, 5) is 28.2. The molecule has 1 N–H and O–H groups in total. The second kappa shape index (κ2) is 8.49. The van der Waals surface area contributed by atoms with Gasteiger partial charge in [0.2, 0.25) is 11.8 Å². The lowest BCUT2D eigenvalue weighted by Gasteiger charge is -2.08. The summed E-state index contributed by atoms with van der Waals surface area (Å²) in [6.45, 7) is 0.338. The lowest BCUT2D eigenvalue weighted by Crippen LogP contribution is -2.18. The number of nitrogens with one attached hydrogen (secondary N) is 1. The average Bonchev–Trinajstić information content (AvgIpc) is 3.47. The van der Waals surface area contributed by atoms with Gasteiger partial charge in [-0.3, -0.25) is 14.9 Å². The predicted octanol–water partition coefficient (Wildman–Crippen LogP) is 3.76. The fourth-order valence-corrected chi connectivity index (χ4v) is 2.93. The van der Waals surface area contributed by atoms with Crippen molar-refractivity contribution in [3.05, 3.63) is 88.2 Å². The van der Waals surface area contributed by atoms with Crippen LogP contribution in [-0.4, -0.2) is 32.7 Å². The van der Waals surface area contributed by atoms with E-state index in [0.717, 1.165) is 16.0 Å². The van der Waals surface area contributed by atoms with Crippen LogP contribution in [0, 0.1) is 10.1 Å². The normalized spacial score (nSPS) is 10.6. The Morgan fingerprint density at radius 3 is 2.61 bits per heavy atom. The number of ether oxygens (including phenoxy) is 1. The van der Waals surface area contributed by atoms with Crippen LogP contribution in [0.5, 0.6) is 5.75 Å². The van der Waals surface area contributed by atoms with Crippen molar-refractivity contribution in [1.29, 1.82) is 0 Å². The lowest BCUT2D eigenvalue weighted by atomic mass is 10.1. The monoisotopic (exact) mass is 419 g/mol. The van der Waals surface area contributed by atoms with Gasteiger partial charge in [-0.05, 0) is 35.9 Å². The maximum Gasteiger partial charge on any atom is 0.288 e. The Hall–Kier alpha value is -4.47. The molecule has 2 aromatic heterocycles. The molecule has 2 heterocycles. The van der Waals surface area contributed by atoms with Crippen molar-refractivity contribution >= 4 is 17.5 Å². The van der Waals surface area contributed by atoms with Gasteiger partial charge in [-0.2, -0.15) is 9.67 Å². The molecule has 0 aliphatic carbocycles. The molecule has 0 bridgehead atoms. The molecule has 10 heteroatoms. The average molecular weight is 419 g/mol. The maximum absolute atomic E-state index is 13.1. The summed E-state index contributed by atoms with van der Waals surface area (Å²) in [6.07, 6.45) is 1.46. The number of aromatic nitrogens is 3. The molecule has 0 unspecified atom stereocenters. The van der Waals surface area contributed by atoms with Gasteiger partial charge in [0, 0.05) is 12.6 Å². The molecular formula is C21H17N5O5. The van der Waals surface area contributed by atoms with Gasteiger partial charge >= 0.3 is 0 Å². The minimum absolute atomic E-state index is 0.101. The van der Waals surface area contributed by atoms with Crippen molar-refractivity contribution in [3.63, 3.8) is 0 Å². The maximum atomic E-state index is 13.1. The molecule has 0 fully saturated rings. The molecule has 0 aliphatic rings. The predicted molar refractivity (Wildman–Crippen MR) is 111 cm³/mol. The first-order chi connectivity index (χ1) is 15.1. The van der Waals surface area contributed by atoms with Crippen molar-refractivity contribution in [1.82, 2.24) is 14.8 Å². The molecule has 31 heavy (non-hydrogen) atoms. The van der Waals surface area contributed by atoms with E-state index in [0.29, 0.717) is 12.3 Å². The first kappa shape index (κ1) is 19.8. The number of benzene rings is 2. The van der Waals surface area contributed by atoms with Crippen LogP contribution in [0.25, 0.3) is 11.6 Å². The zero-order valence-electron chi connectivity index (χ0n) is 16.4. The van der Waals surface area contributed by atoms with Crippen LogP contribution in [0.2, 0.25) is 0 Å². The van der Waals surface area contributed by atoms with Crippen molar-refractivity contribution in [2.45, 2.75) is 6.54 Å². The van der Waals surface area contributed by atoms with E-state index < -0.39 is 10.8 Å². The molecule has 0 atom stereocenters. The summed E-state index contributed by atoms with van der Waals surface area (Å²) in [5, 5.41) is 18.7. The number of carbonyl (C=O) groups excluding carboxylic acids is 1. The largest absolute Gasteiger partial charge is 0.497 e. The van der Waals surface area contributed by atoms with E-state index in [1.807, 2.05) is 24.3 Å². The lowest BCUT2D eigenvalue weighted by molar-refractivity contribution is -0.385. The van der Waals surface area contributed by atoms with Crippen LogP contribution < -0.4 is 10.1 Å². The van der Waals surface area contributed by atoms with E-state index in [9.17, 15) is 14.9 Å². The second-order valence-corrected chi connectivity index (χ2v) is 6.43. The highest BCUT2D eigenvalue weighted by atomic mass is 16.6. The molecule has 4 rings (SSSR count). The van der Waals surface area contributed by atoms with Crippen LogP contribution in [0.3, 0.4) is 0 Å². The first-order valence-corrected chi connectivity index (χ1v) is 9.22. The van der Waals surface area contributed by atoms with E-state index >= 15 is 0 Å². The van der Waals surface area contributed by atoms with Crippen LogP contribution in [0.15, 0.2) is 71.3 Å². The molecule has 4 aromatic rings. The summed E-state index contributed by atoms with van der Waals surface area (Å²) >= 11 is 0. The molecule has 0 saturated carbocycles. The SMILES string of the molecule is COc1ccc(CNc2nc(-c3ccco3)nn2C(=O)c2ccccc2[N+](=O)[O-])cc1. The fourth-order valence-electron chi connectivity index (χ4n) is 2.93. The highest BCUT2D eigenvalue weighted by molar-refractivity contribution is 6.00. The van der Waals surface area contributed by atoms with E-state index in [-0.39, 0.29) is 23.0 Å². The van der Waals surface area contributed by atoms with Crippen molar-refractivity contribution in [2.75, 3.05) is 12.4 Å². The molecule has 156 valence electrons. The number of nitrogens with zero attached hydrogens (tertiary/aromatic N) is 4. The number of para-hydroxylation sites is 1. The second-order valence-electron chi connectivity index (χ2n) is 6.43. The molecule has 0 spiro atoms. The standard InChI is InChI=1S/C21H17N5O5/c1-30-15-10-8-14(9-11-15)13-22-21-23-19(18-7-4-12-31-18)24-25(21)20(27)16-5-2-3-6-17(16)26(28)29/h2-12H,13H2,1H3,(H,22,23,24). The van der Waals surface area contributed by atoms with Gasteiger partial charge in [0.05, 0.1) is 18.3 Å². The number of methoxy groups -OCH3 is 1. The highest BCUT2D eigenvalue weighted by Crippen LogP contribution is 2.23. The van der Waals surface area contributed by atoms with Gasteiger partial charge < -0.3 is 14.5 Å². The summed E-state index contributed by atoms with van der Waals surface area (Å²) < 4.78 is 11.5. The summed E-state index contributed by atoms with van der Waals surface area (Å²) in [7, 11) is 1.58. The van der Waals surface area contributed by atoms with Crippen LogP contribution >= 0.6 is 0 Å². The number of carbonyl (C=O) groups is 1. The van der Waals surface area contributed by atoms with E-state index in [2.05, 4.69) is 15.4 Å². The number of nitro groups is 1. The fraction of sp³-hybridized carbons (Fsp3) is 0.0952. The smallest absolute Gasteiger partial charge is 0.288 e. The zero-order chi connectivity index (χ0) is 21.8. The first-order valence-electron chi connectivity index (χ1n) is 9.22. The van der Waals surface area contributed by atoms with Crippen LogP contribution in [0.1, 0.15) is 15.9 Å². The Morgan fingerprint density at radius 1 is 1.16 bits per heavy atom. The van der Waals surface area contributed by atoms with Gasteiger partial charge in [0.1, 0.15) is 11.3 Å². The molecular weight excluding hydrogens is 402 g/mol. The number of hydrogen-bond acceptors (Lipinski definition) is 8. The van der Waals surface area contributed by atoms with Crippen LogP contribution in [-0.2, 0) is 6.54 Å². The molecule has 0 aliphatic heterocycles. The number of furan rings is 1. The van der Waals surface area contributed by atoms with Crippen molar-refractivity contribution in [3.8, 4) is 17.3 Å². The Labute approximate surface area is 176 Å². The minimum Gasteiger partial charge on any atom is -0.497 e. The van der Waals surface area contributed by atoms with E-state index in [1.165, 1.54) is 24.5 Å². The molecule has 10 nitrogen and oxygen atoms in total. The molecule has 0 amide bonds. The third-order valence-corrected chi connectivity index (χ3v) is 4.48. The highest BCUT2D eigenvalue weighted by Gasteiger charge is 2.25. The van der Waals surface area contributed by atoms with Gasteiger partial charge in [-0.25, -0.2) is 0 Å². The van der Waals surface area contributed by atoms with Crippen molar-refractivity contribution < 1.29 is 18.9 Å². The quantitative estimate of drug-likeness (QED) is 0.355. The van der Waals surface area contributed by atoms with Crippen LogP contribution in [0.4, 0.5) is 11.6 Å². The summed E-state index contributed by atoms with van der Waals surface area (Å²) in [5.41, 5.74) is 0.493. The number of rotatable bonds is 7. The minimum atomic E-state index is -0.685. The zero-order valence-corrected chi connectivity index (χ0v) is 16.4. The van der Waals surface area contributed by atoms with Gasteiger partial charge in [-0.1, -0.05) is 24.3 Å². The molecule has 0 radical (unpaired) electrons. The molecule has 0 saturated heterocycles. The Morgan fingerprint density at radius 2 is 1.94 bits per heavy atom. The third-order valence-electron chi connectivity index (χ3n) is 4.48. The Kier molecular flexibility index (Phi) is 5.43. The molecule has 2 aromatic carbocycles. The van der Waals surface area contributed by atoms with Gasteiger partial charge in [-0.15, -0.1) is 5.10 Å². The van der Waals surface area contributed by atoms with E-state index in [4.69, 9.17) is 9.15 Å². The summed E-state index contributed by atoms with van der Waals surface area (Å²) in [5.74, 6) is 0.703. The summed E-state index contributed by atoms with van der Waals surface area (Å²) in [6, 6.07) is 16.4. The Balaban J connectivity index is 1.69. The van der Waals surface area contributed by atoms with E-state index in [1.54, 1.807) is 25.3 Å². The topological polar surface area (TPSA) is 125 Å². The van der Waals surface area contributed by atoms with Crippen molar-refractivity contribution in [2.24, 2.45) is 0 Å². The van der Waals surface area contributed by atoms with Gasteiger partial charge in [0.15, 0.2) is 5.76 Å². The third kappa shape index (κ3) is 4.13. The number of hydrogen-bond donors (Lipinski definition) is 1. The number of anilines is 1. The Bertz CT molecular complexity index is 1220. The van der Waals surface area contributed by atoms with Gasteiger partial charge in [0.25, 0.3) is 11.6 Å². The number of nitro benzene ring substituents is 1.